The van der Waals surface area contributed by atoms with Gasteiger partial charge in [0.1, 0.15) is 0 Å². The van der Waals surface area contributed by atoms with Crippen LogP contribution in [0.2, 0.25) is 3.72 Å². The second-order valence-corrected chi connectivity index (χ2v) is 6.19. The van der Waals surface area contributed by atoms with Gasteiger partial charge in [-0.05, 0) is 0 Å². The van der Waals surface area contributed by atoms with Gasteiger partial charge in [0.2, 0.25) is 0 Å². The van der Waals surface area contributed by atoms with E-state index in [1.165, 1.54) is 22.3 Å². The van der Waals surface area contributed by atoms with Crippen molar-refractivity contribution in [3.05, 3.63) is 58.7 Å². The largest absolute Gasteiger partial charge is 1.00 e. The molecule has 0 heterocycles. The average Bonchev–Trinajstić information content (AvgIpc) is 2.66. The Hall–Kier alpha value is 0.284. The molecule has 19 heavy (non-hydrogen) atoms. The Morgan fingerprint density at radius 2 is 1.37 bits per heavy atom. The molecule has 0 fully saturated rings. The average molecular weight is 352 g/mol. The standard InChI is InChI=1S/C15H17.3ClH.Ti/c1-11-8-9-12(2)15(13(11)3)10-14-6-4-5-7-14;;;;/h4-9H,10H2,1-3H3;3*1H;/q;;;;+3/p-3. The zero-order valence-electron chi connectivity index (χ0n) is 11.3. The molecule has 1 aliphatic rings. The van der Waals surface area contributed by atoms with E-state index in [0.717, 1.165) is 6.42 Å². The Kier molecular flexibility index (Phi) is 9.70. The third-order valence-corrected chi connectivity index (χ3v) is 4.27. The molecule has 0 N–H and O–H groups in total. The molecule has 0 saturated heterocycles. The minimum absolute atomic E-state index is 0. The quantitative estimate of drug-likeness (QED) is 0.468. The van der Waals surface area contributed by atoms with Crippen LogP contribution in [-0.4, -0.2) is 0 Å². The van der Waals surface area contributed by atoms with Crippen molar-refractivity contribution in [2.75, 3.05) is 0 Å². The van der Waals surface area contributed by atoms with E-state index in [0.29, 0.717) is 0 Å². The second-order valence-electron chi connectivity index (χ2n) is 4.74. The van der Waals surface area contributed by atoms with Gasteiger partial charge in [-0.1, -0.05) is 0 Å². The summed E-state index contributed by atoms with van der Waals surface area (Å²) in [4.78, 5) is 0. The number of benzene rings is 1. The van der Waals surface area contributed by atoms with E-state index in [1.807, 2.05) is 0 Å². The van der Waals surface area contributed by atoms with Gasteiger partial charge in [-0.3, -0.25) is 0 Å². The molecule has 0 atom stereocenters. The summed E-state index contributed by atoms with van der Waals surface area (Å²) in [6.45, 7) is 6.65. The van der Waals surface area contributed by atoms with Crippen molar-refractivity contribution in [3.8, 4) is 0 Å². The summed E-state index contributed by atoms with van der Waals surface area (Å²) in [6, 6.07) is 4.46. The Morgan fingerprint density at radius 3 is 1.89 bits per heavy atom. The zero-order valence-corrected chi connectivity index (χ0v) is 15.1. The van der Waals surface area contributed by atoms with Crippen molar-refractivity contribution in [2.45, 2.75) is 30.9 Å². The molecule has 0 amide bonds. The molecule has 0 spiro atoms. The van der Waals surface area contributed by atoms with Crippen LogP contribution in [0.1, 0.15) is 22.3 Å². The van der Waals surface area contributed by atoms with Crippen LogP contribution in [-0.2, 0) is 26.9 Å². The van der Waals surface area contributed by atoms with Gasteiger partial charge < -0.3 is 37.2 Å². The second kappa shape index (κ2) is 8.54. The van der Waals surface area contributed by atoms with E-state index in [1.54, 1.807) is 0 Å². The van der Waals surface area contributed by atoms with E-state index < -0.39 is 0 Å². The summed E-state index contributed by atoms with van der Waals surface area (Å²) in [5.41, 5.74) is 5.78. The van der Waals surface area contributed by atoms with Crippen LogP contribution in [0.4, 0.5) is 0 Å². The molecule has 0 aromatic heterocycles. The minimum atomic E-state index is 0. The zero-order chi connectivity index (χ0) is 11.8. The van der Waals surface area contributed by atoms with Crippen molar-refractivity contribution in [1.82, 2.24) is 0 Å². The van der Waals surface area contributed by atoms with Gasteiger partial charge in [0.05, 0.1) is 0 Å². The minimum Gasteiger partial charge on any atom is -1.00 e. The smallest absolute Gasteiger partial charge is 1.00 e. The predicted molar refractivity (Wildman–Crippen MR) is 65.3 cm³/mol. The molecule has 4 heteroatoms. The maximum Gasteiger partial charge on any atom is -1.00 e. The molecule has 0 nitrogen and oxygen atoms in total. The summed E-state index contributed by atoms with van der Waals surface area (Å²) < 4.78 is 0.212. The number of aryl methyl sites for hydroxylation is 2. The first-order valence-corrected chi connectivity index (χ1v) is 6.48. The number of rotatable bonds is 2. The summed E-state index contributed by atoms with van der Waals surface area (Å²) >= 11 is 2.30. The first-order valence-electron chi connectivity index (χ1n) is 5.70. The van der Waals surface area contributed by atoms with Gasteiger partial charge in [0.15, 0.2) is 0 Å². The maximum atomic E-state index is 2.30. The first-order chi connectivity index (χ1) is 7.52. The van der Waals surface area contributed by atoms with E-state index in [2.05, 4.69) is 77.6 Å². The summed E-state index contributed by atoms with van der Waals surface area (Å²) in [6.07, 6.45) is 10.0. The van der Waals surface area contributed by atoms with Gasteiger partial charge in [-0.15, -0.1) is 0 Å². The molecular formula is C15H17Cl3Ti. The number of halogens is 3. The first kappa shape index (κ1) is 21.6. The molecule has 0 unspecified atom stereocenters. The van der Waals surface area contributed by atoms with Gasteiger partial charge in [-0.25, -0.2) is 0 Å². The molecule has 2 rings (SSSR count). The topological polar surface area (TPSA) is 0 Å². The van der Waals surface area contributed by atoms with Crippen molar-refractivity contribution in [3.63, 3.8) is 0 Å². The van der Waals surface area contributed by atoms with Crippen molar-refractivity contribution in [2.24, 2.45) is 0 Å². The molecule has 102 valence electrons. The molecule has 0 bridgehead atoms. The normalized spacial score (nSPS) is 14.4. The third-order valence-electron chi connectivity index (χ3n) is 3.47. The Balaban J connectivity index is 0. The molecule has 0 radical (unpaired) electrons. The fraction of sp³-hybridized carbons (Fsp3) is 0.333. The van der Waals surface area contributed by atoms with E-state index in [-0.39, 0.29) is 40.9 Å². The van der Waals surface area contributed by atoms with Crippen LogP contribution in [0.3, 0.4) is 0 Å². The summed E-state index contributed by atoms with van der Waals surface area (Å²) in [7, 11) is 0. The van der Waals surface area contributed by atoms with Crippen LogP contribution < -0.4 is 37.2 Å². The van der Waals surface area contributed by atoms with Crippen LogP contribution >= 0.6 is 0 Å². The van der Waals surface area contributed by atoms with Crippen LogP contribution in [0.25, 0.3) is 0 Å². The van der Waals surface area contributed by atoms with Gasteiger partial charge >= 0.3 is 110 Å². The Bertz CT molecular complexity index is 467. The SMILES string of the molecule is Cc1ccc(C)c(C[C]2([Ti+3])C=CC=C2)c1C.[Cl-].[Cl-].[Cl-]. The number of hydrogen-bond donors (Lipinski definition) is 0. The molecule has 0 saturated carbocycles. The Labute approximate surface area is 146 Å². The van der Waals surface area contributed by atoms with E-state index in [4.69, 9.17) is 0 Å². The summed E-state index contributed by atoms with van der Waals surface area (Å²) in [5.74, 6) is 0. The molecule has 1 aromatic rings. The molecular weight excluding hydrogens is 334 g/mol. The van der Waals surface area contributed by atoms with Gasteiger partial charge in [0.25, 0.3) is 0 Å². The number of hydrogen-bond acceptors (Lipinski definition) is 0. The van der Waals surface area contributed by atoms with Crippen molar-refractivity contribution in [1.29, 1.82) is 0 Å². The molecule has 0 aliphatic heterocycles. The van der Waals surface area contributed by atoms with Crippen molar-refractivity contribution < 1.29 is 57.7 Å². The van der Waals surface area contributed by atoms with Crippen molar-refractivity contribution >= 4 is 0 Å². The maximum absolute atomic E-state index is 2.30. The van der Waals surface area contributed by atoms with Gasteiger partial charge in [0, 0.05) is 0 Å². The van der Waals surface area contributed by atoms with Gasteiger partial charge in [-0.2, -0.15) is 0 Å². The monoisotopic (exact) mass is 350 g/mol. The summed E-state index contributed by atoms with van der Waals surface area (Å²) in [5, 5.41) is 0. The molecule has 1 aromatic carbocycles. The van der Waals surface area contributed by atoms with Crippen LogP contribution in [0.5, 0.6) is 0 Å². The fourth-order valence-electron chi connectivity index (χ4n) is 2.20. The van der Waals surface area contributed by atoms with Crippen LogP contribution in [0, 0.1) is 20.8 Å². The van der Waals surface area contributed by atoms with Crippen LogP contribution in [0.15, 0.2) is 36.4 Å². The fourth-order valence-corrected chi connectivity index (χ4v) is 2.78. The molecule has 1 aliphatic carbocycles. The van der Waals surface area contributed by atoms with E-state index in [9.17, 15) is 0 Å². The Morgan fingerprint density at radius 1 is 0.895 bits per heavy atom. The van der Waals surface area contributed by atoms with E-state index >= 15 is 0 Å². The predicted octanol–water partition coefficient (Wildman–Crippen LogP) is -5.00. The number of allylic oxidation sites excluding steroid dienone is 4. The third kappa shape index (κ3) is 4.95.